The van der Waals surface area contributed by atoms with E-state index >= 15 is 0 Å². The average molecular weight is 462 g/mol. The first-order chi connectivity index (χ1) is 14.7. The van der Waals surface area contributed by atoms with E-state index in [4.69, 9.17) is 15.2 Å². The molecule has 3 rings (SSSR count). The van der Waals surface area contributed by atoms with Crippen molar-refractivity contribution in [3.63, 3.8) is 0 Å². The Morgan fingerprint density at radius 3 is 2.53 bits per heavy atom. The smallest absolute Gasteiger partial charge is 0.306 e. The van der Waals surface area contributed by atoms with Gasteiger partial charge in [0.05, 0.1) is 43.4 Å². The Morgan fingerprint density at radius 2 is 1.91 bits per heavy atom. The standard InChI is InChI=1S/C25H43N3O3Si/c1-24(2,3)31-22(29)14-17-16-28(13-12-21(17)30-25(4,5)32(6,7)8)23-18-10-9-11-20(18)27-15-19(23)26/h15,17,21H,9-14,16,26H2,1-8H3/t17-,21-/m0/s1. The van der Waals surface area contributed by atoms with E-state index in [1.165, 1.54) is 11.3 Å². The van der Waals surface area contributed by atoms with E-state index in [-0.39, 0.29) is 23.2 Å². The first-order valence-corrected chi connectivity index (χ1v) is 15.6. The largest absolute Gasteiger partial charge is 0.460 e. The van der Waals surface area contributed by atoms with Crippen molar-refractivity contribution in [1.82, 2.24) is 4.98 Å². The molecule has 0 spiro atoms. The summed E-state index contributed by atoms with van der Waals surface area (Å²) in [5.41, 5.74) is 10.3. The number of anilines is 2. The number of hydrogen-bond acceptors (Lipinski definition) is 6. The highest BCUT2D eigenvalue weighted by atomic mass is 28.3. The summed E-state index contributed by atoms with van der Waals surface area (Å²) in [6.45, 7) is 18.8. The lowest BCUT2D eigenvalue weighted by atomic mass is 9.90. The molecule has 1 aromatic heterocycles. The zero-order chi connectivity index (χ0) is 23.9. The maximum atomic E-state index is 12.8. The summed E-state index contributed by atoms with van der Waals surface area (Å²) >= 11 is 0. The van der Waals surface area contributed by atoms with Crippen molar-refractivity contribution in [1.29, 1.82) is 0 Å². The molecule has 1 aliphatic carbocycles. The maximum absolute atomic E-state index is 12.8. The zero-order valence-electron chi connectivity index (χ0n) is 21.4. The Bertz CT molecular complexity index is 842. The third kappa shape index (κ3) is 5.65. The number of carbonyl (C=O) groups excluding carboxylic acids is 1. The Kier molecular flexibility index (Phi) is 7.02. The first kappa shape index (κ1) is 25.0. The lowest BCUT2D eigenvalue weighted by molar-refractivity contribution is -0.158. The topological polar surface area (TPSA) is 77.7 Å². The second kappa shape index (κ2) is 8.97. The van der Waals surface area contributed by atoms with Crippen LogP contribution in [0.1, 0.15) is 65.1 Å². The molecule has 1 saturated heterocycles. The van der Waals surface area contributed by atoms with Gasteiger partial charge in [-0.15, -0.1) is 0 Å². The number of nitrogens with zero attached hydrogens (tertiary/aromatic N) is 2. The van der Waals surface area contributed by atoms with Crippen molar-refractivity contribution < 1.29 is 14.3 Å². The van der Waals surface area contributed by atoms with E-state index in [1.54, 1.807) is 6.20 Å². The third-order valence-electron chi connectivity index (χ3n) is 7.19. The lowest BCUT2D eigenvalue weighted by Crippen LogP contribution is -2.55. The summed E-state index contributed by atoms with van der Waals surface area (Å²) in [5.74, 6) is -0.101. The van der Waals surface area contributed by atoms with Crippen molar-refractivity contribution in [2.24, 2.45) is 5.92 Å². The number of pyridine rings is 1. The number of ether oxygens (including phenoxy) is 2. The van der Waals surface area contributed by atoms with E-state index in [0.717, 1.165) is 50.1 Å². The normalized spacial score (nSPS) is 22.1. The zero-order valence-corrected chi connectivity index (χ0v) is 22.4. The molecule has 1 aromatic rings. The minimum absolute atomic E-state index is 0.0246. The average Bonchev–Trinajstić information content (AvgIpc) is 3.09. The van der Waals surface area contributed by atoms with Gasteiger partial charge in [0.1, 0.15) is 5.60 Å². The van der Waals surface area contributed by atoms with E-state index in [0.29, 0.717) is 6.42 Å². The molecule has 0 radical (unpaired) electrons. The van der Waals surface area contributed by atoms with E-state index in [9.17, 15) is 4.79 Å². The second-order valence-electron chi connectivity index (χ2n) is 12.0. The molecule has 7 heteroatoms. The molecule has 0 unspecified atom stereocenters. The van der Waals surface area contributed by atoms with Gasteiger partial charge in [0.25, 0.3) is 0 Å². The molecule has 2 aliphatic rings. The Hall–Kier alpha value is -1.60. The third-order valence-corrected chi connectivity index (χ3v) is 10.9. The van der Waals surface area contributed by atoms with Crippen LogP contribution in [0.15, 0.2) is 6.20 Å². The van der Waals surface area contributed by atoms with Crippen molar-refractivity contribution in [3.05, 3.63) is 17.5 Å². The minimum Gasteiger partial charge on any atom is -0.460 e. The number of piperidine rings is 1. The molecule has 0 saturated carbocycles. The highest BCUT2D eigenvalue weighted by Gasteiger charge is 2.42. The molecule has 0 amide bonds. The molecular weight excluding hydrogens is 418 g/mol. The van der Waals surface area contributed by atoms with Crippen molar-refractivity contribution in [2.75, 3.05) is 23.7 Å². The number of nitrogens with two attached hydrogens (primary N) is 1. The maximum Gasteiger partial charge on any atom is 0.306 e. The van der Waals surface area contributed by atoms with E-state index < -0.39 is 13.7 Å². The van der Waals surface area contributed by atoms with Crippen LogP contribution in [0.3, 0.4) is 0 Å². The van der Waals surface area contributed by atoms with Gasteiger partial charge in [-0.1, -0.05) is 19.6 Å². The molecule has 32 heavy (non-hydrogen) atoms. The van der Waals surface area contributed by atoms with Gasteiger partial charge in [-0.2, -0.15) is 0 Å². The van der Waals surface area contributed by atoms with E-state index in [1.807, 2.05) is 20.8 Å². The molecule has 1 fully saturated rings. The quantitative estimate of drug-likeness (QED) is 0.486. The van der Waals surface area contributed by atoms with Crippen molar-refractivity contribution >= 4 is 25.4 Å². The van der Waals surface area contributed by atoms with Crippen molar-refractivity contribution in [3.8, 4) is 0 Å². The molecule has 6 nitrogen and oxygen atoms in total. The van der Waals surface area contributed by atoms with Gasteiger partial charge >= 0.3 is 5.97 Å². The number of carbonyl (C=O) groups is 1. The summed E-state index contributed by atoms with van der Waals surface area (Å²) in [6.07, 6.45) is 6.23. The number of hydrogen-bond donors (Lipinski definition) is 1. The molecule has 0 aromatic carbocycles. The fourth-order valence-corrected chi connectivity index (χ4v) is 5.10. The van der Waals surface area contributed by atoms with Crippen LogP contribution in [-0.4, -0.2) is 49.0 Å². The number of fused-ring (bicyclic) bond motifs is 1. The molecule has 180 valence electrons. The predicted molar refractivity (Wildman–Crippen MR) is 134 cm³/mol. The van der Waals surface area contributed by atoms with Crippen LogP contribution in [0.2, 0.25) is 19.6 Å². The van der Waals surface area contributed by atoms with Gasteiger partial charge in [-0.05, 0) is 65.9 Å². The number of rotatable bonds is 6. The highest BCUT2D eigenvalue weighted by molar-refractivity contribution is 6.78. The predicted octanol–water partition coefficient (Wildman–Crippen LogP) is 4.75. The van der Waals surface area contributed by atoms with Gasteiger partial charge in [0.2, 0.25) is 0 Å². The Balaban J connectivity index is 1.85. The van der Waals surface area contributed by atoms with Crippen LogP contribution in [0.5, 0.6) is 0 Å². The molecular formula is C25H43N3O3Si. The molecule has 2 N–H and O–H groups in total. The Labute approximate surface area is 195 Å². The van der Waals surface area contributed by atoms with Gasteiger partial charge in [-0.25, -0.2) is 0 Å². The van der Waals surface area contributed by atoms with Crippen LogP contribution in [0, 0.1) is 5.92 Å². The fourth-order valence-electron chi connectivity index (χ4n) is 4.60. The second-order valence-corrected chi connectivity index (χ2v) is 17.7. The Morgan fingerprint density at radius 1 is 1.22 bits per heavy atom. The van der Waals surface area contributed by atoms with Crippen LogP contribution in [-0.2, 0) is 27.1 Å². The van der Waals surface area contributed by atoms with Gasteiger partial charge in [0.15, 0.2) is 0 Å². The highest BCUT2D eigenvalue weighted by Crippen LogP contribution is 2.39. The van der Waals surface area contributed by atoms with E-state index in [2.05, 4.69) is 43.4 Å². The minimum atomic E-state index is -1.56. The SMILES string of the molecule is CC(C)(C)OC(=O)C[C@H]1CN(c2c(N)cnc3c2CCC3)CC[C@@H]1OC(C)(C)[Si](C)(C)C. The monoisotopic (exact) mass is 461 g/mol. The summed E-state index contributed by atoms with van der Waals surface area (Å²) < 4.78 is 12.5. The fraction of sp³-hybridized carbons (Fsp3) is 0.760. The summed E-state index contributed by atoms with van der Waals surface area (Å²) in [5, 5.41) is -0.178. The summed E-state index contributed by atoms with van der Waals surface area (Å²) in [7, 11) is -1.56. The molecule has 2 atom stereocenters. The van der Waals surface area contributed by atoms with Gasteiger partial charge in [-0.3, -0.25) is 9.78 Å². The number of aryl methyl sites for hydroxylation is 1. The molecule has 2 heterocycles. The molecule has 1 aliphatic heterocycles. The van der Waals surface area contributed by atoms with Crippen molar-refractivity contribution in [2.45, 2.75) is 103 Å². The number of nitrogen functional groups attached to an aromatic ring is 1. The number of esters is 1. The summed E-state index contributed by atoms with van der Waals surface area (Å²) in [6, 6.07) is 0. The van der Waals surface area contributed by atoms with Crippen LogP contribution < -0.4 is 10.6 Å². The van der Waals surface area contributed by atoms with Crippen LogP contribution in [0.25, 0.3) is 0 Å². The van der Waals surface area contributed by atoms with Crippen LogP contribution >= 0.6 is 0 Å². The van der Waals surface area contributed by atoms with Gasteiger partial charge < -0.3 is 20.1 Å². The summed E-state index contributed by atoms with van der Waals surface area (Å²) in [4.78, 5) is 19.7. The number of aromatic nitrogens is 1. The van der Waals surface area contributed by atoms with Crippen LogP contribution in [0.4, 0.5) is 11.4 Å². The first-order valence-electron chi connectivity index (χ1n) is 12.1. The van der Waals surface area contributed by atoms with Gasteiger partial charge in [0, 0.05) is 24.7 Å². The molecule has 0 bridgehead atoms. The lowest BCUT2D eigenvalue weighted by Gasteiger charge is -2.46.